The van der Waals surface area contributed by atoms with Gasteiger partial charge in [0.2, 0.25) is 0 Å². The molecule has 23 heavy (non-hydrogen) atoms. The number of ether oxygens (including phenoxy) is 1. The van der Waals surface area contributed by atoms with Gasteiger partial charge in [-0.25, -0.2) is 13.2 Å². The fourth-order valence-corrected chi connectivity index (χ4v) is 5.04. The van der Waals surface area contributed by atoms with Crippen molar-refractivity contribution in [2.45, 2.75) is 31.3 Å². The van der Waals surface area contributed by atoms with Crippen molar-refractivity contribution in [1.82, 2.24) is 10.2 Å². The molecule has 1 N–H and O–H groups in total. The van der Waals surface area contributed by atoms with Gasteiger partial charge in [0.05, 0.1) is 24.7 Å². The van der Waals surface area contributed by atoms with Crippen molar-refractivity contribution in [1.29, 1.82) is 0 Å². The van der Waals surface area contributed by atoms with Crippen LogP contribution in [0, 0.1) is 0 Å². The molecule has 0 aliphatic carbocycles. The molecule has 0 unspecified atom stereocenters. The van der Waals surface area contributed by atoms with Crippen LogP contribution in [-0.4, -0.2) is 50.6 Å². The zero-order valence-corrected chi connectivity index (χ0v) is 14.0. The average Bonchev–Trinajstić information content (AvgIpc) is 3.14. The zero-order chi connectivity index (χ0) is 16.4. The number of benzene rings is 1. The van der Waals surface area contributed by atoms with Crippen LogP contribution in [0.4, 0.5) is 4.79 Å². The topological polar surface area (TPSA) is 75.7 Å². The minimum atomic E-state index is -2.99. The maximum absolute atomic E-state index is 12.5. The largest absolute Gasteiger partial charge is 0.497 e. The first-order valence-corrected chi connectivity index (χ1v) is 9.72. The van der Waals surface area contributed by atoms with Gasteiger partial charge >= 0.3 is 6.03 Å². The standard InChI is InChI=1S/C16H22N2O4S/c1-22-14-5-2-4-12(10-14)15-6-3-8-18(15)16(19)17-13-7-9-23(20,21)11-13/h2,4-5,10,13,15H,3,6-9,11H2,1H3,(H,17,19)/t13-,15-/m1/s1. The van der Waals surface area contributed by atoms with Crippen molar-refractivity contribution in [3.63, 3.8) is 0 Å². The van der Waals surface area contributed by atoms with Gasteiger partial charge in [-0.2, -0.15) is 0 Å². The highest BCUT2D eigenvalue weighted by molar-refractivity contribution is 7.91. The minimum Gasteiger partial charge on any atom is -0.497 e. The van der Waals surface area contributed by atoms with Crippen LogP contribution in [0.1, 0.15) is 30.9 Å². The van der Waals surface area contributed by atoms with Crippen molar-refractivity contribution in [3.8, 4) is 5.75 Å². The van der Waals surface area contributed by atoms with Gasteiger partial charge in [0.25, 0.3) is 0 Å². The summed E-state index contributed by atoms with van der Waals surface area (Å²) in [6, 6.07) is 7.34. The van der Waals surface area contributed by atoms with Crippen LogP contribution < -0.4 is 10.1 Å². The molecule has 0 radical (unpaired) electrons. The Kier molecular flexibility index (Phi) is 4.48. The molecule has 0 spiro atoms. The van der Waals surface area contributed by atoms with Gasteiger partial charge in [0.15, 0.2) is 9.84 Å². The second-order valence-electron chi connectivity index (χ2n) is 6.18. The van der Waals surface area contributed by atoms with E-state index in [-0.39, 0.29) is 29.6 Å². The molecule has 0 saturated carbocycles. The number of sulfone groups is 1. The SMILES string of the molecule is COc1cccc([C@H]2CCCN2C(=O)N[C@@H]2CCS(=O)(=O)C2)c1. The van der Waals surface area contributed by atoms with Crippen LogP contribution in [0.3, 0.4) is 0 Å². The van der Waals surface area contributed by atoms with Crippen LogP contribution in [0.5, 0.6) is 5.75 Å². The third-order valence-corrected chi connectivity index (χ3v) is 6.32. The van der Waals surface area contributed by atoms with Gasteiger partial charge in [0.1, 0.15) is 5.75 Å². The van der Waals surface area contributed by atoms with Crippen molar-refractivity contribution < 1.29 is 17.9 Å². The second-order valence-corrected chi connectivity index (χ2v) is 8.41. The molecule has 3 rings (SSSR count). The van der Waals surface area contributed by atoms with Crippen molar-refractivity contribution in [3.05, 3.63) is 29.8 Å². The number of methoxy groups -OCH3 is 1. The lowest BCUT2D eigenvalue weighted by Gasteiger charge is -2.27. The normalized spacial score (nSPS) is 26.2. The van der Waals surface area contributed by atoms with E-state index in [4.69, 9.17) is 4.74 Å². The molecule has 7 heteroatoms. The molecule has 2 saturated heterocycles. The first-order chi connectivity index (χ1) is 11.0. The summed E-state index contributed by atoms with van der Waals surface area (Å²) in [6.07, 6.45) is 2.35. The zero-order valence-electron chi connectivity index (χ0n) is 13.2. The number of rotatable bonds is 3. The van der Waals surface area contributed by atoms with Gasteiger partial charge in [-0.1, -0.05) is 12.1 Å². The summed E-state index contributed by atoms with van der Waals surface area (Å²) in [7, 11) is -1.37. The smallest absolute Gasteiger partial charge is 0.318 e. The Morgan fingerprint density at radius 2 is 2.17 bits per heavy atom. The molecule has 2 aliphatic heterocycles. The molecule has 2 aliphatic rings. The molecule has 1 aromatic rings. The van der Waals surface area contributed by atoms with Crippen LogP contribution in [0.15, 0.2) is 24.3 Å². The number of nitrogens with one attached hydrogen (secondary N) is 1. The number of nitrogens with zero attached hydrogens (tertiary/aromatic N) is 1. The average molecular weight is 338 g/mol. The van der Waals surface area contributed by atoms with Crippen molar-refractivity contribution in [2.24, 2.45) is 0 Å². The number of urea groups is 1. The lowest BCUT2D eigenvalue weighted by atomic mass is 10.0. The predicted molar refractivity (Wildman–Crippen MR) is 87.3 cm³/mol. The van der Waals surface area contributed by atoms with E-state index in [1.54, 1.807) is 12.0 Å². The van der Waals surface area contributed by atoms with Crippen LogP contribution in [0.25, 0.3) is 0 Å². The van der Waals surface area contributed by atoms with E-state index < -0.39 is 9.84 Å². The molecule has 2 fully saturated rings. The molecule has 2 heterocycles. The fraction of sp³-hybridized carbons (Fsp3) is 0.562. The van der Waals surface area contributed by atoms with E-state index in [2.05, 4.69) is 5.32 Å². The summed E-state index contributed by atoms with van der Waals surface area (Å²) >= 11 is 0. The second kappa shape index (κ2) is 6.39. The first-order valence-electron chi connectivity index (χ1n) is 7.90. The monoisotopic (exact) mass is 338 g/mol. The van der Waals surface area contributed by atoms with Crippen LogP contribution in [0.2, 0.25) is 0 Å². The molecule has 2 amide bonds. The van der Waals surface area contributed by atoms with E-state index >= 15 is 0 Å². The molecule has 6 nitrogen and oxygen atoms in total. The highest BCUT2D eigenvalue weighted by Gasteiger charge is 2.34. The summed E-state index contributed by atoms with van der Waals surface area (Å²) in [5, 5.41) is 2.88. The van der Waals surface area contributed by atoms with Gasteiger partial charge < -0.3 is 15.0 Å². The maximum Gasteiger partial charge on any atom is 0.318 e. The van der Waals surface area contributed by atoms with Crippen LogP contribution in [-0.2, 0) is 9.84 Å². The van der Waals surface area contributed by atoms with E-state index in [1.165, 1.54) is 0 Å². The Labute approximate surface area is 136 Å². The summed E-state index contributed by atoms with van der Waals surface area (Å²) in [5.74, 6) is 0.991. The van der Waals surface area contributed by atoms with Crippen molar-refractivity contribution >= 4 is 15.9 Å². The van der Waals surface area contributed by atoms with Crippen molar-refractivity contribution in [2.75, 3.05) is 25.2 Å². The Morgan fingerprint density at radius 1 is 1.35 bits per heavy atom. The quantitative estimate of drug-likeness (QED) is 0.911. The van der Waals surface area contributed by atoms with E-state index in [1.807, 2.05) is 24.3 Å². The van der Waals surface area contributed by atoms with Crippen LogP contribution >= 0.6 is 0 Å². The van der Waals surface area contributed by atoms with Gasteiger partial charge in [0, 0.05) is 12.6 Å². The molecule has 0 aromatic heterocycles. The lowest BCUT2D eigenvalue weighted by Crippen LogP contribution is -2.45. The molecule has 2 atom stereocenters. The molecular formula is C16H22N2O4S. The Balaban J connectivity index is 1.69. The summed E-state index contributed by atoms with van der Waals surface area (Å²) in [5.41, 5.74) is 1.05. The molecule has 1 aromatic carbocycles. The van der Waals surface area contributed by atoms with Gasteiger partial charge in [-0.3, -0.25) is 0 Å². The Bertz CT molecular complexity index is 689. The number of carbonyl (C=O) groups excluding carboxylic acids is 1. The number of hydrogen-bond acceptors (Lipinski definition) is 4. The van der Waals surface area contributed by atoms with Gasteiger partial charge in [-0.05, 0) is 37.0 Å². The lowest BCUT2D eigenvalue weighted by molar-refractivity contribution is 0.190. The van der Waals surface area contributed by atoms with E-state index in [0.29, 0.717) is 13.0 Å². The summed E-state index contributed by atoms with van der Waals surface area (Å²) in [4.78, 5) is 14.3. The molecule has 126 valence electrons. The van der Waals surface area contributed by atoms with Gasteiger partial charge in [-0.15, -0.1) is 0 Å². The third kappa shape index (κ3) is 3.60. The predicted octanol–water partition coefficient (Wildman–Crippen LogP) is 1.73. The first kappa shape index (κ1) is 16.1. The maximum atomic E-state index is 12.5. The third-order valence-electron chi connectivity index (χ3n) is 4.55. The molecular weight excluding hydrogens is 316 g/mol. The molecule has 0 bridgehead atoms. The highest BCUT2D eigenvalue weighted by atomic mass is 32.2. The number of likely N-dealkylation sites (tertiary alicyclic amines) is 1. The fourth-order valence-electron chi connectivity index (χ4n) is 3.37. The highest BCUT2D eigenvalue weighted by Crippen LogP contribution is 2.33. The minimum absolute atomic E-state index is 0.0168. The number of carbonyl (C=O) groups is 1. The number of amides is 2. The summed E-state index contributed by atoms with van der Waals surface area (Å²) < 4.78 is 28.3. The number of hydrogen-bond donors (Lipinski definition) is 1. The Hall–Kier alpha value is -1.76. The summed E-state index contributed by atoms with van der Waals surface area (Å²) in [6.45, 7) is 0.688. The van der Waals surface area contributed by atoms with E-state index in [9.17, 15) is 13.2 Å². The van der Waals surface area contributed by atoms with E-state index in [0.717, 1.165) is 24.2 Å². The Morgan fingerprint density at radius 3 is 2.87 bits per heavy atom.